The Kier molecular flexibility index (Phi) is 4.50. The highest BCUT2D eigenvalue weighted by Crippen LogP contribution is 2.20. The molecular weight excluding hydrogens is 274 g/mol. The van der Waals surface area contributed by atoms with Gasteiger partial charge in [0.2, 0.25) is 11.7 Å². The average molecular weight is 291 g/mol. The van der Waals surface area contributed by atoms with Crippen LogP contribution in [0.2, 0.25) is 0 Å². The zero-order chi connectivity index (χ0) is 13.9. The topological polar surface area (TPSA) is 118 Å². The molecule has 2 N–H and O–H groups in total. The summed E-state index contributed by atoms with van der Waals surface area (Å²) in [5.74, 6) is 0.576. The van der Waals surface area contributed by atoms with Crippen LogP contribution >= 0.6 is 0 Å². The Morgan fingerprint density at radius 1 is 1.47 bits per heavy atom. The normalized spacial score (nSPS) is 22.3. The molecule has 19 heavy (non-hydrogen) atoms. The third-order valence-electron chi connectivity index (χ3n) is 2.68. The van der Waals surface area contributed by atoms with Gasteiger partial charge in [-0.1, -0.05) is 5.16 Å². The number of sulfone groups is 1. The minimum atomic E-state index is -3.06. The number of ether oxygens (including phenoxy) is 2. The number of hydrogen-bond acceptors (Lipinski definition) is 8. The molecule has 0 amide bonds. The first-order chi connectivity index (χ1) is 8.96. The van der Waals surface area contributed by atoms with Gasteiger partial charge >= 0.3 is 0 Å². The second kappa shape index (κ2) is 5.95. The number of hydrogen-bond donors (Lipinski definition) is 1. The van der Waals surface area contributed by atoms with E-state index in [1.165, 1.54) is 0 Å². The predicted molar refractivity (Wildman–Crippen MR) is 65.1 cm³/mol. The van der Waals surface area contributed by atoms with Gasteiger partial charge in [0, 0.05) is 6.26 Å². The van der Waals surface area contributed by atoms with Crippen LogP contribution in [-0.2, 0) is 19.3 Å². The highest BCUT2D eigenvalue weighted by molar-refractivity contribution is 7.90. The number of rotatable bonds is 5. The van der Waals surface area contributed by atoms with Crippen LogP contribution in [0.15, 0.2) is 4.52 Å². The molecule has 2 atom stereocenters. The first-order valence-electron chi connectivity index (χ1n) is 5.92. The summed E-state index contributed by atoms with van der Waals surface area (Å²) in [7, 11) is -3.06. The van der Waals surface area contributed by atoms with Crippen molar-refractivity contribution in [2.45, 2.75) is 18.6 Å². The molecule has 1 aromatic rings. The van der Waals surface area contributed by atoms with Gasteiger partial charge in [0.1, 0.15) is 15.9 Å². The molecule has 1 aliphatic rings. The fourth-order valence-corrected chi connectivity index (χ4v) is 2.31. The SMILES string of the molecule is CS(=O)(=O)CCC(N)c1nc(C2COCCO2)no1. The lowest BCUT2D eigenvalue weighted by molar-refractivity contribution is -0.0941. The highest BCUT2D eigenvalue weighted by atomic mass is 32.2. The van der Waals surface area contributed by atoms with E-state index in [1.807, 2.05) is 0 Å². The van der Waals surface area contributed by atoms with E-state index in [1.54, 1.807) is 0 Å². The van der Waals surface area contributed by atoms with Gasteiger partial charge in [0.05, 0.1) is 31.6 Å². The van der Waals surface area contributed by atoms with Crippen molar-refractivity contribution < 1.29 is 22.4 Å². The summed E-state index contributed by atoms with van der Waals surface area (Å²) >= 11 is 0. The van der Waals surface area contributed by atoms with Gasteiger partial charge in [0.15, 0.2) is 0 Å². The molecule has 2 unspecified atom stereocenters. The Bertz CT molecular complexity index is 509. The molecule has 1 aliphatic heterocycles. The van der Waals surface area contributed by atoms with Crippen molar-refractivity contribution in [2.24, 2.45) is 5.73 Å². The molecular formula is C10H17N3O5S. The van der Waals surface area contributed by atoms with Gasteiger partial charge in [-0.25, -0.2) is 8.42 Å². The Morgan fingerprint density at radius 3 is 2.89 bits per heavy atom. The lowest BCUT2D eigenvalue weighted by atomic mass is 10.2. The van der Waals surface area contributed by atoms with E-state index in [4.69, 9.17) is 19.7 Å². The Balaban J connectivity index is 1.95. The maximum Gasteiger partial charge on any atom is 0.243 e. The molecule has 1 aromatic heterocycles. The summed E-state index contributed by atoms with van der Waals surface area (Å²) in [5.41, 5.74) is 5.81. The van der Waals surface area contributed by atoms with Crippen LogP contribution < -0.4 is 5.73 Å². The fraction of sp³-hybridized carbons (Fsp3) is 0.800. The molecule has 0 spiro atoms. The lowest BCUT2D eigenvalue weighted by Gasteiger charge is -2.19. The summed E-state index contributed by atoms with van der Waals surface area (Å²) in [6.45, 7) is 1.40. The van der Waals surface area contributed by atoms with Crippen molar-refractivity contribution in [2.75, 3.05) is 31.8 Å². The van der Waals surface area contributed by atoms with E-state index < -0.39 is 15.9 Å². The van der Waals surface area contributed by atoms with Gasteiger partial charge in [-0.2, -0.15) is 4.98 Å². The molecule has 8 nitrogen and oxygen atoms in total. The maximum atomic E-state index is 11.1. The molecule has 0 aliphatic carbocycles. The maximum absolute atomic E-state index is 11.1. The third kappa shape index (κ3) is 4.23. The molecule has 2 rings (SSSR count). The van der Waals surface area contributed by atoms with Gasteiger partial charge in [-0.05, 0) is 6.42 Å². The van der Waals surface area contributed by atoms with Gasteiger partial charge in [-0.15, -0.1) is 0 Å². The zero-order valence-corrected chi connectivity index (χ0v) is 11.4. The first-order valence-corrected chi connectivity index (χ1v) is 7.98. The molecule has 108 valence electrons. The Morgan fingerprint density at radius 2 is 2.26 bits per heavy atom. The van der Waals surface area contributed by atoms with Crippen LogP contribution in [0.25, 0.3) is 0 Å². The van der Waals surface area contributed by atoms with Crippen LogP contribution in [-0.4, -0.2) is 50.4 Å². The van der Waals surface area contributed by atoms with Crippen LogP contribution in [0.5, 0.6) is 0 Å². The van der Waals surface area contributed by atoms with E-state index >= 15 is 0 Å². The van der Waals surface area contributed by atoms with E-state index in [0.717, 1.165) is 6.26 Å². The molecule has 1 saturated heterocycles. The Labute approximate surface area is 111 Å². The van der Waals surface area contributed by atoms with E-state index in [9.17, 15) is 8.42 Å². The summed E-state index contributed by atoms with van der Waals surface area (Å²) in [6, 6.07) is -0.597. The predicted octanol–water partition coefficient (Wildman–Crippen LogP) is -0.408. The van der Waals surface area contributed by atoms with E-state index in [-0.39, 0.29) is 24.2 Å². The van der Waals surface area contributed by atoms with Crippen molar-refractivity contribution in [1.29, 1.82) is 0 Å². The third-order valence-corrected chi connectivity index (χ3v) is 3.66. The van der Waals surface area contributed by atoms with Crippen LogP contribution in [0.1, 0.15) is 30.3 Å². The largest absolute Gasteiger partial charge is 0.376 e. The summed E-state index contributed by atoms with van der Waals surface area (Å²) < 4.78 is 37.8. The molecule has 0 radical (unpaired) electrons. The van der Waals surface area contributed by atoms with Crippen molar-refractivity contribution >= 4 is 9.84 Å². The van der Waals surface area contributed by atoms with Crippen LogP contribution in [0, 0.1) is 0 Å². The fourth-order valence-electron chi connectivity index (χ4n) is 1.63. The minimum Gasteiger partial charge on any atom is -0.376 e. The second-order valence-corrected chi connectivity index (χ2v) is 6.71. The van der Waals surface area contributed by atoms with Crippen molar-refractivity contribution in [3.63, 3.8) is 0 Å². The van der Waals surface area contributed by atoms with E-state index in [2.05, 4.69) is 10.1 Å². The number of aromatic nitrogens is 2. The molecule has 2 heterocycles. The molecule has 1 fully saturated rings. The smallest absolute Gasteiger partial charge is 0.243 e. The summed E-state index contributed by atoms with van der Waals surface area (Å²) in [4.78, 5) is 4.13. The summed E-state index contributed by atoms with van der Waals surface area (Å²) in [6.07, 6.45) is 1.04. The quantitative estimate of drug-likeness (QED) is 0.778. The van der Waals surface area contributed by atoms with E-state index in [0.29, 0.717) is 25.6 Å². The van der Waals surface area contributed by atoms with Gasteiger partial charge in [-0.3, -0.25) is 0 Å². The molecule has 0 bridgehead atoms. The van der Waals surface area contributed by atoms with Crippen molar-refractivity contribution in [3.05, 3.63) is 11.7 Å². The van der Waals surface area contributed by atoms with Crippen molar-refractivity contribution in [3.8, 4) is 0 Å². The minimum absolute atomic E-state index is 0.0189. The van der Waals surface area contributed by atoms with Crippen molar-refractivity contribution in [1.82, 2.24) is 10.1 Å². The Hall–Kier alpha value is -1.03. The first kappa shape index (κ1) is 14.4. The van der Waals surface area contributed by atoms with Gasteiger partial charge in [0.25, 0.3) is 0 Å². The summed E-state index contributed by atoms with van der Waals surface area (Å²) in [5, 5.41) is 3.78. The van der Waals surface area contributed by atoms with Crippen LogP contribution in [0.4, 0.5) is 0 Å². The molecule has 0 aromatic carbocycles. The zero-order valence-electron chi connectivity index (χ0n) is 10.6. The molecule has 0 saturated carbocycles. The lowest BCUT2D eigenvalue weighted by Crippen LogP contribution is -2.23. The van der Waals surface area contributed by atoms with Gasteiger partial charge < -0.3 is 19.7 Å². The van der Waals surface area contributed by atoms with Crippen LogP contribution in [0.3, 0.4) is 0 Å². The molecule has 9 heteroatoms. The number of nitrogens with two attached hydrogens (primary N) is 1. The highest BCUT2D eigenvalue weighted by Gasteiger charge is 2.24. The average Bonchev–Trinajstić information content (AvgIpc) is 2.86. The monoisotopic (exact) mass is 291 g/mol. The number of nitrogens with zero attached hydrogens (tertiary/aromatic N) is 2. The second-order valence-electron chi connectivity index (χ2n) is 4.45. The standard InChI is InChI=1S/C10H17N3O5S/c1-19(14,15)5-2-7(11)10-12-9(13-18-10)8-6-16-3-4-17-8/h7-8H,2-6,11H2,1H3.